The quantitative estimate of drug-likeness (QED) is 0.764. The van der Waals surface area contributed by atoms with Crippen LogP contribution in [0.5, 0.6) is 0 Å². The molecule has 0 bridgehead atoms. The fourth-order valence-electron chi connectivity index (χ4n) is 2.16. The van der Waals surface area contributed by atoms with Crippen LogP contribution in [0.3, 0.4) is 0 Å². The highest BCUT2D eigenvalue weighted by Gasteiger charge is 2.13. The average molecular weight is 395 g/mol. The Morgan fingerprint density at radius 1 is 1.20 bits per heavy atom. The Morgan fingerprint density at radius 2 is 1.80 bits per heavy atom. The van der Waals surface area contributed by atoms with Gasteiger partial charge in [-0.1, -0.05) is 23.2 Å². The molecule has 128 valence electrons. The number of halogens is 2. The van der Waals surface area contributed by atoms with Gasteiger partial charge in [-0.2, -0.15) is 5.26 Å². The molecule has 0 fully saturated rings. The van der Waals surface area contributed by atoms with Gasteiger partial charge in [0.05, 0.1) is 0 Å². The summed E-state index contributed by atoms with van der Waals surface area (Å²) in [6.45, 7) is 3.34. The number of pyridine rings is 1. The van der Waals surface area contributed by atoms with Crippen LogP contribution in [0.2, 0.25) is 10.0 Å². The van der Waals surface area contributed by atoms with Crippen molar-refractivity contribution in [1.82, 2.24) is 9.99 Å². The van der Waals surface area contributed by atoms with Crippen molar-refractivity contribution in [2.45, 2.75) is 13.8 Å². The first-order valence-corrected chi connectivity index (χ1v) is 8.11. The smallest absolute Gasteiger partial charge is 0.287 e. The zero-order valence-electron chi connectivity index (χ0n) is 13.2. The molecule has 0 aliphatic rings. The van der Waals surface area contributed by atoms with Crippen LogP contribution in [-0.4, -0.2) is 15.7 Å². The van der Waals surface area contributed by atoms with Crippen LogP contribution in [0.15, 0.2) is 29.1 Å². The Balaban J connectivity index is 2.22. The summed E-state index contributed by atoms with van der Waals surface area (Å²) in [5.41, 5.74) is 3.35. The number of carbonyl (C=O) groups is 1. The van der Waals surface area contributed by atoms with Gasteiger partial charge in [0, 0.05) is 21.3 Å². The van der Waals surface area contributed by atoms with Crippen molar-refractivity contribution in [1.29, 1.82) is 5.26 Å². The summed E-state index contributed by atoms with van der Waals surface area (Å²) in [6, 6.07) is 7.87. The molecule has 2 rings (SSSR count). The van der Waals surface area contributed by atoms with E-state index in [1.807, 2.05) is 6.07 Å². The normalized spacial score (nSPS) is 10.0. The third kappa shape index (κ3) is 4.37. The molecule has 0 spiro atoms. The van der Waals surface area contributed by atoms with Gasteiger partial charge in [0.25, 0.3) is 11.5 Å². The summed E-state index contributed by atoms with van der Waals surface area (Å²) in [7, 11) is 0. The lowest BCUT2D eigenvalue weighted by Crippen LogP contribution is -2.43. The van der Waals surface area contributed by atoms with Gasteiger partial charge in [-0.25, -0.2) is 4.68 Å². The van der Waals surface area contributed by atoms with Gasteiger partial charge in [0.1, 0.15) is 11.6 Å². The van der Waals surface area contributed by atoms with Crippen molar-refractivity contribution >= 4 is 46.4 Å². The lowest BCUT2D eigenvalue weighted by molar-refractivity contribution is 0.0977. The molecule has 2 aromatic rings. The summed E-state index contributed by atoms with van der Waals surface area (Å²) in [5, 5.41) is 12.0. The number of aryl methyl sites for hydroxylation is 2. The molecule has 0 saturated heterocycles. The van der Waals surface area contributed by atoms with Crippen LogP contribution in [0.1, 0.15) is 27.2 Å². The van der Waals surface area contributed by atoms with Crippen molar-refractivity contribution in [3.63, 3.8) is 0 Å². The molecule has 0 atom stereocenters. The number of benzene rings is 1. The number of hydrogen-bond acceptors (Lipinski definition) is 4. The lowest BCUT2D eigenvalue weighted by Gasteiger charge is -2.15. The zero-order chi connectivity index (χ0) is 18.7. The van der Waals surface area contributed by atoms with E-state index >= 15 is 0 Å². The molecule has 25 heavy (non-hydrogen) atoms. The maximum Gasteiger partial charge on any atom is 0.287 e. The second kappa shape index (κ2) is 7.66. The van der Waals surface area contributed by atoms with Crippen molar-refractivity contribution in [3.05, 3.63) is 67.0 Å². The van der Waals surface area contributed by atoms with Crippen LogP contribution < -0.4 is 16.3 Å². The maximum atomic E-state index is 12.3. The lowest BCUT2D eigenvalue weighted by atomic mass is 10.1. The molecular weight excluding hydrogens is 383 g/mol. The number of thiocarbonyl (C=S) groups is 1. The molecule has 1 aromatic heterocycles. The predicted molar refractivity (Wildman–Crippen MR) is 101 cm³/mol. The van der Waals surface area contributed by atoms with E-state index in [-0.39, 0.29) is 16.2 Å². The predicted octanol–water partition coefficient (Wildman–Crippen LogP) is 2.90. The first kappa shape index (κ1) is 18.9. The number of rotatable bonds is 2. The van der Waals surface area contributed by atoms with Gasteiger partial charge in [-0.05, 0) is 55.9 Å². The van der Waals surface area contributed by atoms with E-state index in [2.05, 4.69) is 10.7 Å². The van der Waals surface area contributed by atoms with E-state index in [1.54, 1.807) is 19.9 Å². The summed E-state index contributed by atoms with van der Waals surface area (Å²) in [5.74, 6) is -0.541. The van der Waals surface area contributed by atoms with E-state index in [4.69, 9.17) is 40.7 Å². The van der Waals surface area contributed by atoms with E-state index in [0.717, 1.165) is 4.68 Å². The highest BCUT2D eigenvalue weighted by molar-refractivity contribution is 7.80. The second-order valence-corrected chi connectivity index (χ2v) is 6.43. The minimum absolute atomic E-state index is 0.00569. The molecule has 0 radical (unpaired) electrons. The van der Waals surface area contributed by atoms with Crippen LogP contribution in [0.4, 0.5) is 0 Å². The molecule has 1 heterocycles. The highest BCUT2D eigenvalue weighted by atomic mass is 35.5. The maximum absolute atomic E-state index is 12.3. The standard InChI is InChI=1S/C16H12Cl2N4O2S/c1-8-3-9(2)22(15(24)13(8)7-19)21-16(25)20-14(23)10-4-11(17)6-12(18)5-10/h3-6H,1-2H3,(H2,20,21,23,25). The molecule has 6 nitrogen and oxygen atoms in total. The average Bonchev–Trinajstić information content (AvgIpc) is 2.50. The Kier molecular flexibility index (Phi) is 5.80. The monoisotopic (exact) mass is 394 g/mol. The van der Waals surface area contributed by atoms with Gasteiger partial charge >= 0.3 is 0 Å². The van der Waals surface area contributed by atoms with Crippen molar-refractivity contribution in [2.75, 3.05) is 5.43 Å². The fourth-order valence-corrected chi connectivity index (χ4v) is 2.87. The summed E-state index contributed by atoms with van der Waals surface area (Å²) in [4.78, 5) is 24.5. The SMILES string of the molecule is Cc1cc(C)n(NC(=S)NC(=O)c2cc(Cl)cc(Cl)c2)c(=O)c1C#N. The number of hydrogen-bond donors (Lipinski definition) is 2. The van der Waals surface area contributed by atoms with Gasteiger partial charge in [-0.15, -0.1) is 0 Å². The van der Waals surface area contributed by atoms with Crippen LogP contribution in [0, 0.1) is 25.2 Å². The molecule has 1 aromatic carbocycles. The Bertz CT molecular complexity index is 959. The summed E-state index contributed by atoms with van der Waals surface area (Å²) >= 11 is 16.8. The number of aromatic nitrogens is 1. The Labute approximate surface area is 158 Å². The second-order valence-electron chi connectivity index (χ2n) is 5.15. The van der Waals surface area contributed by atoms with Crippen molar-refractivity contribution in [3.8, 4) is 6.07 Å². The molecule has 1 amide bonds. The van der Waals surface area contributed by atoms with Gasteiger partial charge in [-0.3, -0.25) is 20.3 Å². The topological polar surface area (TPSA) is 86.9 Å². The third-order valence-corrected chi connectivity index (χ3v) is 3.90. The first-order chi connectivity index (χ1) is 11.7. The molecule has 0 saturated carbocycles. The fraction of sp³-hybridized carbons (Fsp3) is 0.125. The Hall–Kier alpha value is -2.40. The van der Waals surface area contributed by atoms with Gasteiger partial charge < -0.3 is 0 Å². The zero-order valence-corrected chi connectivity index (χ0v) is 15.5. The van der Waals surface area contributed by atoms with E-state index in [9.17, 15) is 9.59 Å². The number of nitrogens with zero attached hydrogens (tertiary/aromatic N) is 2. The largest absolute Gasteiger partial charge is 0.298 e. The van der Waals surface area contributed by atoms with E-state index in [0.29, 0.717) is 21.3 Å². The van der Waals surface area contributed by atoms with Gasteiger partial charge in [0.2, 0.25) is 0 Å². The summed E-state index contributed by atoms with van der Waals surface area (Å²) in [6.07, 6.45) is 0. The molecule has 2 N–H and O–H groups in total. The Morgan fingerprint density at radius 3 is 2.36 bits per heavy atom. The van der Waals surface area contributed by atoms with Crippen LogP contribution >= 0.6 is 35.4 Å². The van der Waals surface area contributed by atoms with Crippen molar-refractivity contribution in [2.24, 2.45) is 0 Å². The molecule has 0 unspecified atom stereocenters. The third-order valence-electron chi connectivity index (χ3n) is 3.27. The van der Waals surface area contributed by atoms with E-state index < -0.39 is 11.5 Å². The van der Waals surface area contributed by atoms with Crippen LogP contribution in [-0.2, 0) is 0 Å². The molecular formula is C16H12Cl2N4O2S. The molecule has 0 aliphatic heterocycles. The highest BCUT2D eigenvalue weighted by Crippen LogP contribution is 2.18. The van der Waals surface area contributed by atoms with Gasteiger partial charge in [0.15, 0.2) is 5.11 Å². The first-order valence-electron chi connectivity index (χ1n) is 6.94. The van der Waals surface area contributed by atoms with Crippen LogP contribution in [0.25, 0.3) is 0 Å². The number of amides is 1. The minimum atomic E-state index is -0.553. The summed E-state index contributed by atoms with van der Waals surface area (Å²) < 4.78 is 1.10. The number of nitrogens with one attached hydrogen (secondary N) is 2. The van der Waals surface area contributed by atoms with Crippen molar-refractivity contribution < 1.29 is 4.79 Å². The number of carbonyl (C=O) groups excluding carboxylic acids is 1. The molecule has 0 aliphatic carbocycles. The van der Waals surface area contributed by atoms with E-state index in [1.165, 1.54) is 18.2 Å². The number of nitriles is 1. The minimum Gasteiger partial charge on any atom is -0.298 e. The molecule has 9 heteroatoms.